The predicted octanol–water partition coefficient (Wildman–Crippen LogP) is 8.52. The van der Waals surface area contributed by atoms with E-state index in [-0.39, 0.29) is 22.2 Å². The zero-order valence-corrected chi connectivity index (χ0v) is 22.9. The van der Waals surface area contributed by atoms with Crippen molar-refractivity contribution in [2.24, 2.45) is 44.8 Å². The molecule has 3 saturated carbocycles. The molecule has 0 heterocycles. The zero-order chi connectivity index (χ0) is 24.4. The van der Waals surface area contributed by atoms with Gasteiger partial charge in [-0.05, 0) is 110 Å². The highest BCUT2D eigenvalue weighted by Gasteiger charge is 2.65. The van der Waals surface area contributed by atoms with Gasteiger partial charge in [0.2, 0.25) is 0 Å². The van der Waals surface area contributed by atoms with Crippen LogP contribution in [0.2, 0.25) is 0 Å². The molecular weight excluding hydrogens is 404 g/mol. The minimum atomic E-state index is -0.0694. The van der Waals surface area contributed by atoms with Gasteiger partial charge in [0, 0.05) is 6.42 Å². The van der Waals surface area contributed by atoms with Crippen molar-refractivity contribution in [1.82, 2.24) is 0 Å². The molecule has 7 atom stereocenters. The summed E-state index contributed by atoms with van der Waals surface area (Å²) in [6.45, 7) is 22.0. The Balaban J connectivity index is 1.76. The van der Waals surface area contributed by atoms with Gasteiger partial charge >= 0.3 is 5.97 Å². The molecular formula is C31H50O2. The second-order valence-electron chi connectivity index (χ2n) is 14.3. The lowest BCUT2D eigenvalue weighted by Crippen LogP contribution is -2.61. The van der Waals surface area contributed by atoms with E-state index in [0.717, 1.165) is 18.8 Å². The third-order valence-corrected chi connectivity index (χ3v) is 12.0. The number of fused-ring (bicyclic) bond motifs is 5. The summed E-state index contributed by atoms with van der Waals surface area (Å²) in [5.74, 6) is 1.74. The van der Waals surface area contributed by atoms with E-state index in [4.69, 9.17) is 4.74 Å². The predicted molar refractivity (Wildman–Crippen MR) is 138 cm³/mol. The molecule has 0 aromatic carbocycles. The maximum absolute atomic E-state index is 12.2. The summed E-state index contributed by atoms with van der Waals surface area (Å²) in [4.78, 5) is 12.2. The SMILES string of the molecule is C=C(C)[C@@H]1CC[C@]2(C)[C@H](CC=C3[C@@H]4CC(C)(C)CC[C@]4(C)CC[C@]32C)[C@@]1(C)CCC(=O)OC. The molecule has 0 spiro atoms. The molecule has 0 aromatic heterocycles. The maximum atomic E-state index is 12.2. The highest BCUT2D eigenvalue weighted by atomic mass is 16.5. The maximum Gasteiger partial charge on any atom is 0.305 e. The highest BCUT2D eigenvalue weighted by Crippen LogP contribution is 2.74. The van der Waals surface area contributed by atoms with Gasteiger partial charge in [0.25, 0.3) is 0 Å². The monoisotopic (exact) mass is 454 g/mol. The van der Waals surface area contributed by atoms with Gasteiger partial charge in [-0.2, -0.15) is 0 Å². The first-order valence-electron chi connectivity index (χ1n) is 13.7. The number of hydrogen-bond donors (Lipinski definition) is 0. The van der Waals surface area contributed by atoms with Crippen LogP contribution in [0.5, 0.6) is 0 Å². The Kier molecular flexibility index (Phi) is 6.07. The third kappa shape index (κ3) is 3.68. The Hall–Kier alpha value is -1.05. The molecule has 186 valence electrons. The van der Waals surface area contributed by atoms with Crippen molar-refractivity contribution in [2.75, 3.05) is 7.11 Å². The van der Waals surface area contributed by atoms with Crippen LogP contribution in [0.3, 0.4) is 0 Å². The Morgan fingerprint density at radius 3 is 2.36 bits per heavy atom. The minimum Gasteiger partial charge on any atom is -0.469 e. The van der Waals surface area contributed by atoms with Gasteiger partial charge in [-0.15, -0.1) is 0 Å². The van der Waals surface area contributed by atoms with Crippen LogP contribution < -0.4 is 0 Å². The first-order chi connectivity index (χ1) is 15.2. The van der Waals surface area contributed by atoms with E-state index in [1.807, 2.05) is 5.57 Å². The van der Waals surface area contributed by atoms with Crippen LogP contribution in [0.25, 0.3) is 0 Å². The van der Waals surface area contributed by atoms with Crippen molar-refractivity contribution < 1.29 is 9.53 Å². The van der Waals surface area contributed by atoms with Gasteiger partial charge in [0.15, 0.2) is 0 Å². The number of ether oxygens (including phenoxy) is 1. The molecule has 3 fully saturated rings. The molecule has 0 aromatic rings. The number of esters is 1. The number of rotatable bonds is 4. The smallest absolute Gasteiger partial charge is 0.305 e. The van der Waals surface area contributed by atoms with Crippen LogP contribution in [-0.2, 0) is 9.53 Å². The Labute approximate surface area is 204 Å². The fourth-order valence-electron chi connectivity index (χ4n) is 9.52. The summed E-state index contributed by atoms with van der Waals surface area (Å²) in [5, 5.41) is 0. The van der Waals surface area contributed by atoms with E-state index >= 15 is 0 Å². The Morgan fingerprint density at radius 2 is 1.73 bits per heavy atom. The molecule has 2 heteroatoms. The van der Waals surface area contributed by atoms with Gasteiger partial charge in [-0.25, -0.2) is 0 Å². The molecule has 0 N–H and O–H groups in total. The average molecular weight is 455 g/mol. The molecule has 0 radical (unpaired) electrons. The normalized spacial score (nSPS) is 46.3. The quantitative estimate of drug-likeness (QED) is 0.314. The van der Waals surface area contributed by atoms with Crippen LogP contribution in [0.15, 0.2) is 23.8 Å². The standard InChI is InChI=1S/C31H50O2/c1-21(2)22-12-15-31(8)25(29(22,6)14-13-26(32)33-9)11-10-23-24-20-27(3,4)16-17-28(24,5)18-19-30(23,31)7/h10,22,24-25H,1,11-20H2,2-9H3/t22-,24-,25+,28+,29-,30+,31+/m0/s1. The number of methoxy groups -OCH3 is 1. The second kappa shape index (κ2) is 7.99. The van der Waals surface area contributed by atoms with Gasteiger partial charge in [-0.1, -0.05) is 65.3 Å². The fraction of sp³-hybridized carbons (Fsp3) is 0.839. The van der Waals surface area contributed by atoms with Gasteiger partial charge in [-0.3, -0.25) is 4.79 Å². The average Bonchev–Trinajstić information content (AvgIpc) is 2.73. The number of allylic oxidation sites excluding steroid dienone is 3. The molecule has 4 aliphatic rings. The van der Waals surface area contributed by atoms with Crippen molar-refractivity contribution in [1.29, 1.82) is 0 Å². The molecule has 0 aliphatic heterocycles. The summed E-state index contributed by atoms with van der Waals surface area (Å²) < 4.78 is 5.07. The largest absolute Gasteiger partial charge is 0.469 e. The number of carbonyl (C=O) groups is 1. The third-order valence-electron chi connectivity index (χ3n) is 12.0. The lowest BCUT2D eigenvalue weighted by Gasteiger charge is -2.69. The van der Waals surface area contributed by atoms with Crippen molar-refractivity contribution >= 4 is 5.97 Å². The van der Waals surface area contributed by atoms with Crippen LogP contribution >= 0.6 is 0 Å². The van der Waals surface area contributed by atoms with E-state index in [0.29, 0.717) is 29.1 Å². The van der Waals surface area contributed by atoms with E-state index < -0.39 is 0 Å². The van der Waals surface area contributed by atoms with Gasteiger partial charge in [0.1, 0.15) is 0 Å². The van der Waals surface area contributed by atoms with Crippen LogP contribution in [-0.4, -0.2) is 13.1 Å². The lowest BCUT2D eigenvalue weighted by molar-refractivity contribution is -0.151. The first-order valence-corrected chi connectivity index (χ1v) is 13.7. The van der Waals surface area contributed by atoms with Gasteiger partial charge in [0.05, 0.1) is 7.11 Å². The second-order valence-corrected chi connectivity index (χ2v) is 14.3. The van der Waals surface area contributed by atoms with Crippen LogP contribution in [0.1, 0.15) is 113 Å². The molecule has 0 bridgehead atoms. The summed E-state index contributed by atoms with van der Waals surface area (Å²) in [7, 11) is 1.52. The van der Waals surface area contributed by atoms with Crippen molar-refractivity contribution in [2.45, 2.75) is 113 Å². The molecule has 4 aliphatic carbocycles. The Morgan fingerprint density at radius 1 is 1.06 bits per heavy atom. The van der Waals surface area contributed by atoms with Crippen LogP contribution in [0, 0.1) is 44.8 Å². The molecule has 0 amide bonds. The van der Waals surface area contributed by atoms with Crippen LogP contribution in [0.4, 0.5) is 0 Å². The Bertz CT molecular complexity index is 851. The lowest BCUT2D eigenvalue weighted by atomic mass is 9.35. The molecule has 4 rings (SSSR count). The summed E-state index contributed by atoms with van der Waals surface area (Å²) in [5.41, 5.74) is 4.67. The zero-order valence-electron chi connectivity index (χ0n) is 22.9. The highest BCUT2D eigenvalue weighted by molar-refractivity contribution is 5.69. The van der Waals surface area contributed by atoms with E-state index in [1.165, 1.54) is 57.6 Å². The number of carbonyl (C=O) groups excluding carboxylic acids is 1. The molecule has 2 nitrogen and oxygen atoms in total. The number of hydrogen-bond acceptors (Lipinski definition) is 2. The van der Waals surface area contributed by atoms with E-state index in [9.17, 15) is 4.79 Å². The van der Waals surface area contributed by atoms with Gasteiger partial charge < -0.3 is 4.74 Å². The minimum absolute atomic E-state index is 0.0694. The van der Waals surface area contributed by atoms with Crippen molar-refractivity contribution in [3.05, 3.63) is 23.8 Å². The van der Waals surface area contributed by atoms with E-state index in [2.05, 4.69) is 61.1 Å². The van der Waals surface area contributed by atoms with Crippen molar-refractivity contribution in [3.8, 4) is 0 Å². The molecule has 0 saturated heterocycles. The topological polar surface area (TPSA) is 26.3 Å². The summed E-state index contributed by atoms with van der Waals surface area (Å²) in [6.07, 6.45) is 14.6. The summed E-state index contributed by atoms with van der Waals surface area (Å²) >= 11 is 0. The van der Waals surface area contributed by atoms with Crippen molar-refractivity contribution in [3.63, 3.8) is 0 Å². The van der Waals surface area contributed by atoms with E-state index in [1.54, 1.807) is 0 Å². The summed E-state index contributed by atoms with van der Waals surface area (Å²) in [6, 6.07) is 0. The molecule has 33 heavy (non-hydrogen) atoms. The first kappa shape index (κ1) is 25.1. The fourth-order valence-corrected chi connectivity index (χ4v) is 9.52. The molecule has 0 unspecified atom stereocenters.